The molecule has 3 aromatic rings. The molecule has 7 heteroatoms. The summed E-state index contributed by atoms with van der Waals surface area (Å²) in [5.41, 5.74) is 3.22. The van der Waals surface area contributed by atoms with Crippen molar-refractivity contribution in [3.05, 3.63) is 59.7 Å². The van der Waals surface area contributed by atoms with Crippen LogP contribution in [0.1, 0.15) is 35.7 Å². The fourth-order valence-electron chi connectivity index (χ4n) is 2.77. The Kier molecular flexibility index (Phi) is 6.73. The quantitative estimate of drug-likeness (QED) is 0.462. The van der Waals surface area contributed by atoms with Gasteiger partial charge in [0, 0.05) is 29.7 Å². The Bertz CT molecular complexity index is 980. The summed E-state index contributed by atoms with van der Waals surface area (Å²) in [6.45, 7) is 4.54. The zero-order chi connectivity index (χ0) is 20.6. The molecule has 0 unspecified atom stereocenters. The number of amides is 1. The maximum Gasteiger partial charge on any atom is 0.305 e. The van der Waals surface area contributed by atoms with Gasteiger partial charge < -0.3 is 14.5 Å². The zero-order valence-corrected chi connectivity index (χ0v) is 16.5. The first-order valence-corrected chi connectivity index (χ1v) is 9.51. The number of hydrogen-bond donors (Lipinski definition) is 1. The van der Waals surface area contributed by atoms with Crippen LogP contribution in [0.4, 0.5) is 0 Å². The number of nitrogens with zero attached hydrogens (tertiary/aromatic N) is 2. The molecule has 1 heterocycles. The van der Waals surface area contributed by atoms with E-state index in [-0.39, 0.29) is 18.3 Å². The fraction of sp³-hybridized carbons (Fsp3) is 0.273. The number of carbonyl (C=O) groups excluding carboxylic acids is 2. The van der Waals surface area contributed by atoms with Gasteiger partial charge in [-0.2, -0.15) is 0 Å². The molecule has 2 aromatic carbocycles. The van der Waals surface area contributed by atoms with Crippen LogP contribution in [-0.4, -0.2) is 35.2 Å². The van der Waals surface area contributed by atoms with Gasteiger partial charge in [0.15, 0.2) is 0 Å². The first-order chi connectivity index (χ1) is 14.1. The lowest BCUT2D eigenvalue weighted by Crippen LogP contribution is -2.25. The molecule has 0 aliphatic rings. The number of ether oxygens (including phenoxy) is 1. The van der Waals surface area contributed by atoms with E-state index in [4.69, 9.17) is 9.15 Å². The summed E-state index contributed by atoms with van der Waals surface area (Å²) in [6.07, 6.45) is 0.819. The van der Waals surface area contributed by atoms with Crippen molar-refractivity contribution in [1.29, 1.82) is 0 Å². The summed E-state index contributed by atoms with van der Waals surface area (Å²) in [6, 6.07) is 14.8. The van der Waals surface area contributed by atoms with Crippen LogP contribution in [0.3, 0.4) is 0 Å². The number of benzene rings is 2. The first kappa shape index (κ1) is 20.3. The van der Waals surface area contributed by atoms with Crippen molar-refractivity contribution in [3.8, 4) is 22.9 Å². The predicted molar refractivity (Wildman–Crippen MR) is 108 cm³/mol. The Morgan fingerprint density at radius 3 is 2.45 bits per heavy atom. The molecule has 150 valence electrons. The Hall–Kier alpha value is -3.48. The van der Waals surface area contributed by atoms with Crippen LogP contribution in [-0.2, 0) is 9.53 Å². The molecule has 0 atom stereocenters. The number of rotatable bonds is 8. The van der Waals surface area contributed by atoms with Gasteiger partial charge in [0.25, 0.3) is 5.91 Å². The fourth-order valence-corrected chi connectivity index (χ4v) is 2.77. The highest BCUT2D eigenvalue weighted by Crippen LogP contribution is 2.24. The summed E-state index contributed by atoms with van der Waals surface area (Å²) in [5.74, 6) is 0.386. The van der Waals surface area contributed by atoms with Crippen molar-refractivity contribution < 1.29 is 18.7 Å². The van der Waals surface area contributed by atoms with Gasteiger partial charge in [-0.05, 0) is 56.7 Å². The van der Waals surface area contributed by atoms with Crippen molar-refractivity contribution in [1.82, 2.24) is 15.5 Å². The van der Waals surface area contributed by atoms with Crippen LogP contribution in [0.2, 0.25) is 0 Å². The highest BCUT2D eigenvalue weighted by Gasteiger charge is 2.12. The van der Waals surface area contributed by atoms with E-state index in [9.17, 15) is 9.59 Å². The molecule has 0 aliphatic heterocycles. The van der Waals surface area contributed by atoms with Crippen LogP contribution >= 0.6 is 0 Å². The van der Waals surface area contributed by atoms with E-state index < -0.39 is 0 Å². The summed E-state index contributed by atoms with van der Waals surface area (Å²) in [5, 5.41) is 11.0. The largest absolute Gasteiger partial charge is 0.466 e. The molecule has 0 fully saturated rings. The smallest absolute Gasteiger partial charge is 0.305 e. The van der Waals surface area contributed by atoms with Crippen LogP contribution in [0.15, 0.2) is 52.9 Å². The van der Waals surface area contributed by atoms with Crippen molar-refractivity contribution >= 4 is 11.9 Å². The summed E-state index contributed by atoms with van der Waals surface area (Å²) >= 11 is 0. The molecule has 0 bridgehead atoms. The van der Waals surface area contributed by atoms with E-state index >= 15 is 0 Å². The van der Waals surface area contributed by atoms with Gasteiger partial charge in [0.05, 0.1) is 6.61 Å². The van der Waals surface area contributed by atoms with Gasteiger partial charge in [-0.3, -0.25) is 9.59 Å². The molecule has 0 spiro atoms. The average Bonchev–Trinajstić information content (AvgIpc) is 3.22. The Morgan fingerprint density at radius 2 is 1.76 bits per heavy atom. The molecule has 0 saturated heterocycles. The Morgan fingerprint density at radius 1 is 1.03 bits per heavy atom. The van der Waals surface area contributed by atoms with Crippen molar-refractivity contribution in [2.24, 2.45) is 0 Å². The standard InChI is InChI=1S/C22H23N3O4/c1-3-28-19(26)8-5-13-23-20(27)16-9-11-17(12-10-16)21-24-25-22(29-21)18-7-4-6-15(2)14-18/h4,6-7,9-12,14H,3,5,8,13H2,1-2H3,(H,23,27). The molecule has 0 aliphatic carbocycles. The molecule has 29 heavy (non-hydrogen) atoms. The third-order valence-corrected chi connectivity index (χ3v) is 4.23. The van der Waals surface area contributed by atoms with Crippen molar-refractivity contribution in [2.75, 3.05) is 13.2 Å². The minimum Gasteiger partial charge on any atom is -0.466 e. The summed E-state index contributed by atoms with van der Waals surface area (Å²) < 4.78 is 10.6. The maximum absolute atomic E-state index is 12.2. The van der Waals surface area contributed by atoms with Crippen LogP contribution in [0, 0.1) is 6.92 Å². The maximum atomic E-state index is 12.2. The lowest BCUT2D eigenvalue weighted by molar-refractivity contribution is -0.143. The molecule has 1 aromatic heterocycles. The van der Waals surface area contributed by atoms with E-state index in [0.717, 1.165) is 16.7 Å². The normalized spacial score (nSPS) is 10.6. The van der Waals surface area contributed by atoms with E-state index in [2.05, 4.69) is 15.5 Å². The third-order valence-electron chi connectivity index (χ3n) is 4.23. The second-order valence-corrected chi connectivity index (χ2v) is 6.52. The Labute approximate surface area is 169 Å². The second kappa shape index (κ2) is 9.64. The first-order valence-electron chi connectivity index (χ1n) is 9.51. The van der Waals surface area contributed by atoms with Gasteiger partial charge in [-0.1, -0.05) is 17.7 Å². The van der Waals surface area contributed by atoms with Crippen LogP contribution < -0.4 is 5.32 Å². The number of esters is 1. The minimum absolute atomic E-state index is 0.202. The van der Waals surface area contributed by atoms with E-state index in [1.807, 2.05) is 31.2 Å². The van der Waals surface area contributed by atoms with Gasteiger partial charge >= 0.3 is 5.97 Å². The lowest BCUT2D eigenvalue weighted by atomic mass is 10.1. The summed E-state index contributed by atoms with van der Waals surface area (Å²) in [7, 11) is 0. The minimum atomic E-state index is -0.254. The topological polar surface area (TPSA) is 94.3 Å². The number of carbonyl (C=O) groups is 2. The summed E-state index contributed by atoms with van der Waals surface area (Å²) in [4.78, 5) is 23.5. The molecular formula is C22H23N3O4. The van der Waals surface area contributed by atoms with Gasteiger partial charge in [0.2, 0.25) is 11.8 Å². The average molecular weight is 393 g/mol. The number of hydrogen-bond acceptors (Lipinski definition) is 6. The van der Waals surface area contributed by atoms with Crippen molar-refractivity contribution in [3.63, 3.8) is 0 Å². The molecular weight excluding hydrogens is 370 g/mol. The molecule has 7 nitrogen and oxygen atoms in total. The highest BCUT2D eigenvalue weighted by molar-refractivity contribution is 5.94. The Balaban J connectivity index is 1.57. The van der Waals surface area contributed by atoms with Gasteiger partial charge in [0.1, 0.15) is 0 Å². The number of nitrogens with one attached hydrogen (secondary N) is 1. The molecule has 1 N–H and O–H groups in total. The predicted octanol–water partition coefficient (Wildman–Crippen LogP) is 3.79. The molecule has 1 amide bonds. The number of aryl methyl sites for hydroxylation is 1. The van der Waals surface area contributed by atoms with Gasteiger partial charge in [-0.15, -0.1) is 10.2 Å². The SMILES string of the molecule is CCOC(=O)CCCNC(=O)c1ccc(-c2nnc(-c3cccc(C)c3)o2)cc1. The van der Waals surface area contributed by atoms with E-state index in [0.29, 0.717) is 36.9 Å². The highest BCUT2D eigenvalue weighted by atomic mass is 16.5. The van der Waals surface area contributed by atoms with Crippen LogP contribution in [0.25, 0.3) is 22.9 Å². The van der Waals surface area contributed by atoms with Gasteiger partial charge in [-0.25, -0.2) is 0 Å². The molecule has 0 radical (unpaired) electrons. The molecule has 3 rings (SSSR count). The van der Waals surface area contributed by atoms with Crippen molar-refractivity contribution in [2.45, 2.75) is 26.7 Å². The monoisotopic (exact) mass is 393 g/mol. The molecule has 0 saturated carbocycles. The van der Waals surface area contributed by atoms with E-state index in [1.54, 1.807) is 31.2 Å². The zero-order valence-electron chi connectivity index (χ0n) is 16.5. The third kappa shape index (κ3) is 5.51. The van der Waals surface area contributed by atoms with E-state index in [1.165, 1.54) is 0 Å². The lowest BCUT2D eigenvalue weighted by Gasteiger charge is -2.05. The van der Waals surface area contributed by atoms with Crippen LogP contribution in [0.5, 0.6) is 0 Å². The number of aromatic nitrogens is 2. The second-order valence-electron chi connectivity index (χ2n) is 6.52.